The van der Waals surface area contributed by atoms with Gasteiger partial charge in [-0.05, 0) is 25.8 Å². The standard InChI is InChI=1S/C19H20N4O3/c1-12-17(15-6-2-3-7-16(15)21-12)18(24)19(25)22-13-9-20-23(10-13)11-14-5-4-8-26-14/h2-3,6-7,9-10,14,21H,4-5,8,11H2,1H3,(H,22,25)/t14-/m0/s1. The van der Waals surface area contributed by atoms with E-state index in [-0.39, 0.29) is 6.10 Å². The average molecular weight is 352 g/mol. The summed E-state index contributed by atoms with van der Waals surface area (Å²) in [7, 11) is 0. The summed E-state index contributed by atoms with van der Waals surface area (Å²) in [6, 6.07) is 7.44. The number of nitrogens with zero attached hydrogens (tertiary/aromatic N) is 2. The molecule has 26 heavy (non-hydrogen) atoms. The summed E-state index contributed by atoms with van der Waals surface area (Å²) in [4.78, 5) is 28.2. The van der Waals surface area contributed by atoms with Crippen molar-refractivity contribution in [3.63, 3.8) is 0 Å². The van der Waals surface area contributed by atoms with Gasteiger partial charge in [-0.2, -0.15) is 5.10 Å². The number of aromatic nitrogens is 3. The van der Waals surface area contributed by atoms with Gasteiger partial charge < -0.3 is 15.0 Å². The number of ketones is 1. The number of aromatic amines is 1. The Bertz CT molecular complexity index is 966. The van der Waals surface area contributed by atoms with Crippen molar-refractivity contribution in [2.45, 2.75) is 32.4 Å². The maximum Gasteiger partial charge on any atom is 0.296 e. The van der Waals surface area contributed by atoms with Crippen molar-refractivity contribution in [2.75, 3.05) is 11.9 Å². The van der Waals surface area contributed by atoms with Crippen molar-refractivity contribution in [1.29, 1.82) is 0 Å². The molecular weight excluding hydrogens is 332 g/mol. The predicted octanol–water partition coefficient (Wildman–Crippen LogP) is 2.67. The summed E-state index contributed by atoms with van der Waals surface area (Å²) < 4.78 is 7.31. The van der Waals surface area contributed by atoms with Gasteiger partial charge >= 0.3 is 0 Å². The molecule has 134 valence electrons. The predicted molar refractivity (Wildman–Crippen MR) is 97.2 cm³/mol. The number of amides is 1. The van der Waals surface area contributed by atoms with Gasteiger partial charge in [-0.3, -0.25) is 14.3 Å². The molecule has 0 saturated carbocycles. The summed E-state index contributed by atoms with van der Waals surface area (Å²) in [6.07, 6.45) is 5.50. The zero-order valence-electron chi connectivity index (χ0n) is 14.5. The van der Waals surface area contributed by atoms with Gasteiger partial charge in [0.25, 0.3) is 11.7 Å². The monoisotopic (exact) mass is 352 g/mol. The van der Waals surface area contributed by atoms with Crippen molar-refractivity contribution in [3.05, 3.63) is 47.9 Å². The third kappa shape index (κ3) is 3.13. The van der Waals surface area contributed by atoms with Gasteiger partial charge in [0.05, 0.1) is 30.1 Å². The smallest absolute Gasteiger partial charge is 0.296 e. The number of carbonyl (C=O) groups is 2. The molecule has 7 nitrogen and oxygen atoms in total. The van der Waals surface area contributed by atoms with Crippen LogP contribution in [0.25, 0.3) is 10.9 Å². The number of fused-ring (bicyclic) bond motifs is 1. The molecule has 3 aromatic rings. The molecule has 1 amide bonds. The zero-order chi connectivity index (χ0) is 18.1. The first-order chi connectivity index (χ1) is 12.6. The first kappa shape index (κ1) is 16.5. The Balaban J connectivity index is 1.48. The maximum atomic E-state index is 12.7. The number of rotatable bonds is 5. The lowest BCUT2D eigenvalue weighted by molar-refractivity contribution is -0.112. The fourth-order valence-electron chi connectivity index (χ4n) is 3.40. The van der Waals surface area contributed by atoms with E-state index >= 15 is 0 Å². The van der Waals surface area contributed by atoms with E-state index in [0.29, 0.717) is 23.5 Å². The molecule has 1 aliphatic rings. The van der Waals surface area contributed by atoms with E-state index in [1.807, 2.05) is 24.3 Å². The highest BCUT2D eigenvalue weighted by Gasteiger charge is 2.23. The van der Waals surface area contributed by atoms with Crippen LogP contribution in [0.1, 0.15) is 28.9 Å². The number of para-hydroxylation sites is 1. The van der Waals surface area contributed by atoms with Gasteiger partial charge in [0, 0.05) is 29.4 Å². The minimum Gasteiger partial charge on any atom is -0.376 e. The Kier molecular flexibility index (Phi) is 4.30. The van der Waals surface area contributed by atoms with Crippen LogP contribution in [0, 0.1) is 6.92 Å². The lowest BCUT2D eigenvalue weighted by Gasteiger charge is -2.08. The first-order valence-electron chi connectivity index (χ1n) is 8.69. The lowest BCUT2D eigenvalue weighted by Crippen LogP contribution is -2.23. The van der Waals surface area contributed by atoms with Gasteiger partial charge in [-0.25, -0.2) is 0 Å². The van der Waals surface area contributed by atoms with Gasteiger partial charge in [0.2, 0.25) is 0 Å². The third-order valence-corrected chi connectivity index (χ3v) is 4.63. The molecule has 0 bridgehead atoms. The number of benzene rings is 1. The summed E-state index contributed by atoms with van der Waals surface area (Å²) >= 11 is 0. The highest BCUT2D eigenvalue weighted by Crippen LogP contribution is 2.23. The number of nitrogens with one attached hydrogen (secondary N) is 2. The highest BCUT2D eigenvalue weighted by molar-refractivity contribution is 6.48. The molecule has 7 heteroatoms. The number of Topliss-reactive ketones (excluding diaryl/α,β-unsaturated/α-hetero) is 1. The number of H-pyrrole nitrogens is 1. The summed E-state index contributed by atoms with van der Waals surface area (Å²) in [5.41, 5.74) is 2.43. The van der Waals surface area contributed by atoms with E-state index in [1.54, 1.807) is 24.0 Å². The van der Waals surface area contributed by atoms with Crippen molar-refractivity contribution in [1.82, 2.24) is 14.8 Å². The molecule has 1 aliphatic heterocycles. The molecule has 0 radical (unpaired) electrons. The second kappa shape index (κ2) is 6.76. The Labute approximate surface area is 150 Å². The minimum atomic E-state index is -0.672. The van der Waals surface area contributed by atoms with Crippen LogP contribution in [0.2, 0.25) is 0 Å². The Hall–Kier alpha value is -2.93. The van der Waals surface area contributed by atoms with Crippen LogP contribution in [0.15, 0.2) is 36.7 Å². The molecular formula is C19H20N4O3. The highest BCUT2D eigenvalue weighted by atomic mass is 16.5. The number of hydrogen-bond acceptors (Lipinski definition) is 4. The fourth-order valence-corrected chi connectivity index (χ4v) is 3.40. The van der Waals surface area contributed by atoms with E-state index < -0.39 is 11.7 Å². The van der Waals surface area contributed by atoms with Crippen LogP contribution in [-0.2, 0) is 16.1 Å². The fraction of sp³-hybridized carbons (Fsp3) is 0.316. The number of carbonyl (C=O) groups excluding carboxylic acids is 2. The Morgan fingerprint density at radius 1 is 1.38 bits per heavy atom. The normalized spacial score (nSPS) is 16.9. The zero-order valence-corrected chi connectivity index (χ0v) is 14.5. The molecule has 2 N–H and O–H groups in total. The Morgan fingerprint density at radius 2 is 2.23 bits per heavy atom. The quantitative estimate of drug-likeness (QED) is 0.546. The van der Waals surface area contributed by atoms with Gasteiger partial charge in [-0.1, -0.05) is 18.2 Å². The van der Waals surface area contributed by atoms with Crippen LogP contribution in [0.4, 0.5) is 5.69 Å². The molecule has 1 fully saturated rings. The van der Waals surface area contributed by atoms with Crippen molar-refractivity contribution >= 4 is 28.3 Å². The second-order valence-corrected chi connectivity index (χ2v) is 6.54. The van der Waals surface area contributed by atoms with Crippen molar-refractivity contribution in [3.8, 4) is 0 Å². The largest absolute Gasteiger partial charge is 0.376 e. The molecule has 2 aromatic heterocycles. The van der Waals surface area contributed by atoms with Crippen LogP contribution < -0.4 is 5.32 Å². The molecule has 0 aliphatic carbocycles. The maximum absolute atomic E-state index is 12.7. The second-order valence-electron chi connectivity index (χ2n) is 6.54. The molecule has 1 atom stereocenters. The number of hydrogen-bond donors (Lipinski definition) is 2. The topological polar surface area (TPSA) is 89.0 Å². The van der Waals surface area contributed by atoms with Crippen molar-refractivity contribution in [2.24, 2.45) is 0 Å². The van der Waals surface area contributed by atoms with Crippen LogP contribution in [0.5, 0.6) is 0 Å². The SMILES string of the molecule is Cc1[nH]c2ccccc2c1C(=O)C(=O)Nc1cnn(C[C@@H]2CCCO2)c1. The molecule has 0 spiro atoms. The van der Waals surface area contributed by atoms with Gasteiger partial charge in [-0.15, -0.1) is 0 Å². The van der Waals surface area contributed by atoms with Gasteiger partial charge in [0.15, 0.2) is 0 Å². The molecule has 3 heterocycles. The van der Waals surface area contributed by atoms with Crippen molar-refractivity contribution < 1.29 is 14.3 Å². The lowest BCUT2D eigenvalue weighted by atomic mass is 10.1. The van der Waals surface area contributed by atoms with Crippen LogP contribution in [-0.4, -0.2) is 39.2 Å². The minimum absolute atomic E-state index is 0.161. The molecule has 1 saturated heterocycles. The third-order valence-electron chi connectivity index (χ3n) is 4.63. The average Bonchev–Trinajstić information content (AvgIpc) is 3.35. The molecule has 0 unspecified atom stereocenters. The van der Waals surface area contributed by atoms with E-state index in [2.05, 4.69) is 15.4 Å². The molecule has 1 aromatic carbocycles. The summed E-state index contributed by atoms with van der Waals surface area (Å²) in [6.45, 7) is 3.22. The van der Waals surface area contributed by atoms with E-state index in [1.165, 1.54) is 0 Å². The van der Waals surface area contributed by atoms with E-state index in [0.717, 1.165) is 30.4 Å². The summed E-state index contributed by atoms with van der Waals surface area (Å²) in [5, 5.41) is 7.62. The number of ether oxygens (including phenoxy) is 1. The van der Waals surface area contributed by atoms with Crippen LogP contribution in [0.3, 0.4) is 0 Å². The number of anilines is 1. The van der Waals surface area contributed by atoms with E-state index in [4.69, 9.17) is 4.74 Å². The number of aryl methyl sites for hydroxylation is 1. The van der Waals surface area contributed by atoms with Gasteiger partial charge in [0.1, 0.15) is 0 Å². The first-order valence-corrected chi connectivity index (χ1v) is 8.69. The molecule has 4 rings (SSSR count). The summed E-state index contributed by atoms with van der Waals surface area (Å²) in [5.74, 6) is -1.23. The Morgan fingerprint density at radius 3 is 3.04 bits per heavy atom. The van der Waals surface area contributed by atoms with E-state index in [9.17, 15) is 9.59 Å². The van der Waals surface area contributed by atoms with Crippen LogP contribution >= 0.6 is 0 Å².